The van der Waals surface area contributed by atoms with E-state index < -0.39 is 0 Å². The number of ketones is 1. The van der Waals surface area contributed by atoms with Crippen LogP contribution in [0.2, 0.25) is 0 Å². The Morgan fingerprint density at radius 3 is 2.48 bits per heavy atom. The van der Waals surface area contributed by atoms with Gasteiger partial charge in [0.2, 0.25) is 5.78 Å². The van der Waals surface area contributed by atoms with E-state index in [1.165, 1.54) is 0 Å². The number of carbonyl (C=O) groups is 1. The van der Waals surface area contributed by atoms with Gasteiger partial charge in [-0.25, -0.2) is 0 Å². The van der Waals surface area contributed by atoms with Crippen molar-refractivity contribution in [2.45, 2.75) is 0 Å². The Balaban J connectivity index is 1.95. The lowest BCUT2D eigenvalue weighted by Gasteiger charge is -2.20. The predicted octanol–water partition coefficient (Wildman–Crippen LogP) is 3.58. The van der Waals surface area contributed by atoms with Crippen LogP contribution in [-0.4, -0.2) is 40.2 Å². The Hall–Kier alpha value is -2.86. The first-order chi connectivity index (χ1) is 12.9. The van der Waals surface area contributed by atoms with Crippen molar-refractivity contribution in [1.82, 2.24) is 0 Å². The summed E-state index contributed by atoms with van der Waals surface area (Å²) in [7, 11) is 5.26. The van der Waals surface area contributed by atoms with Crippen molar-refractivity contribution in [3.05, 3.63) is 46.5 Å². The number of rotatable bonds is 5. The molecule has 0 aliphatic carbocycles. The molecule has 142 valence electrons. The minimum atomic E-state index is -0.309. The third-order valence-electron chi connectivity index (χ3n) is 4.17. The summed E-state index contributed by atoms with van der Waals surface area (Å²) in [6.45, 7) is 0.948. The summed E-state index contributed by atoms with van der Waals surface area (Å²) in [5.74, 6) is 1.42. The van der Waals surface area contributed by atoms with Gasteiger partial charge >= 0.3 is 0 Å². The van der Waals surface area contributed by atoms with Gasteiger partial charge < -0.3 is 24.8 Å². The molecule has 1 aliphatic heterocycles. The SMILES string of the molecule is COc1cc2c(cc1C=C(Cl)C(=O)c1ccc(N)c(N(C)C)c1)OCCO2. The zero-order chi connectivity index (χ0) is 19.6. The van der Waals surface area contributed by atoms with Gasteiger partial charge in [0, 0.05) is 31.3 Å². The summed E-state index contributed by atoms with van der Waals surface area (Å²) < 4.78 is 16.5. The van der Waals surface area contributed by atoms with Gasteiger partial charge in [0.25, 0.3) is 0 Å². The molecule has 2 N–H and O–H groups in total. The quantitative estimate of drug-likeness (QED) is 0.479. The molecule has 0 radical (unpaired) electrons. The molecule has 0 aromatic heterocycles. The average Bonchev–Trinajstić information content (AvgIpc) is 2.66. The fraction of sp³-hybridized carbons (Fsp3) is 0.250. The average molecular weight is 389 g/mol. The molecular formula is C20H21ClN2O4. The van der Waals surface area contributed by atoms with E-state index in [-0.39, 0.29) is 10.8 Å². The molecule has 0 bridgehead atoms. The van der Waals surface area contributed by atoms with Gasteiger partial charge in [-0.3, -0.25) is 4.79 Å². The second-order valence-corrected chi connectivity index (χ2v) is 6.63. The highest BCUT2D eigenvalue weighted by Gasteiger charge is 2.18. The number of anilines is 2. The minimum Gasteiger partial charge on any atom is -0.496 e. The standard InChI is InChI=1S/C20H21ClN2O4/c1-23(2)16-9-12(4-5-15(16)22)20(24)14(21)8-13-10-18-19(11-17(13)25-3)27-7-6-26-18/h4-5,8-11H,6-7,22H2,1-3H3. The van der Waals surface area contributed by atoms with Crippen LogP contribution < -0.4 is 24.8 Å². The molecule has 1 heterocycles. The van der Waals surface area contributed by atoms with Gasteiger partial charge in [-0.05, 0) is 30.3 Å². The molecule has 0 spiro atoms. The van der Waals surface area contributed by atoms with Crippen LogP contribution in [-0.2, 0) is 0 Å². The lowest BCUT2D eigenvalue weighted by molar-refractivity contribution is 0.104. The Morgan fingerprint density at radius 1 is 1.19 bits per heavy atom. The maximum Gasteiger partial charge on any atom is 0.204 e. The lowest BCUT2D eigenvalue weighted by Crippen LogP contribution is -2.15. The molecule has 2 aromatic carbocycles. The third kappa shape index (κ3) is 3.95. The van der Waals surface area contributed by atoms with E-state index in [4.69, 9.17) is 31.5 Å². The van der Waals surface area contributed by atoms with Crippen LogP contribution in [0.5, 0.6) is 17.2 Å². The van der Waals surface area contributed by atoms with Gasteiger partial charge in [-0.1, -0.05) is 11.6 Å². The smallest absolute Gasteiger partial charge is 0.204 e. The molecule has 7 heteroatoms. The number of hydrogen-bond acceptors (Lipinski definition) is 6. The highest BCUT2D eigenvalue weighted by Crippen LogP contribution is 2.38. The zero-order valence-corrected chi connectivity index (χ0v) is 16.2. The topological polar surface area (TPSA) is 74.0 Å². The van der Waals surface area contributed by atoms with Crippen molar-refractivity contribution in [3.63, 3.8) is 0 Å². The van der Waals surface area contributed by atoms with Gasteiger partial charge in [-0.2, -0.15) is 0 Å². The van der Waals surface area contributed by atoms with Crippen molar-refractivity contribution in [2.24, 2.45) is 0 Å². The minimum absolute atomic E-state index is 0.0551. The summed E-state index contributed by atoms with van der Waals surface area (Å²) in [6.07, 6.45) is 1.56. The van der Waals surface area contributed by atoms with Crippen LogP contribution >= 0.6 is 11.6 Å². The number of nitrogens with zero attached hydrogens (tertiary/aromatic N) is 1. The normalized spacial score (nSPS) is 13.3. The Kier molecular flexibility index (Phi) is 5.46. The van der Waals surface area contributed by atoms with Crippen LogP contribution in [0, 0.1) is 0 Å². The number of nitrogens with two attached hydrogens (primary N) is 1. The number of hydrogen-bond donors (Lipinski definition) is 1. The van der Waals surface area contributed by atoms with Crippen molar-refractivity contribution in [1.29, 1.82) is 0 Å². The van der Waals surface area contributed by atoms with E-state index in [2.05, 4.69) is 0 Å². The van der Waals surface area contributed by atoms with E-state index >= 15 is 0 Å². The number of methoxy groups -OCH3 is 1. The number of carbonyl (C=O) groups excluding carboxylic acids is 1. The first-order valence-electron chi connectivity index (χ1n) is 8.37. The van der Waals surface area contributed by atoms with Crippen LogP contribution in [0.4, 0.5) is 11.4 Å². The van der Waals surface area contributed by atoms with E-state index in [9.17, 15) is 4.79 Å². The second-order valence-electron chi connectivity index (χ2n) is 6.23. The lowest BCUT2D eigenvalue weighted by atomic mass is 10.1. The fourth-order valence-electron chi connectivity index (χ4n) is 2.79. The summed E-state index contributed by atoms with van der Waals surface area (Å²) in [4.78, 5) is 14.6. The molecule has 0 atom stereocenters. The molecule has 0 amide bonds. The Labute approximate surface area is 163 Å². The van der Waals surface area contributed by atoms with Gasteiger partial charge in [0.15, 0.2) is 11.5 Å². The molecule has 2 aromatic rings. The number of fused-ring (bicyclic) bond motifs is 1. The number of Topliss-reactive ketones (excluding diaryl/α,β-unsaturated/α-hetero) is 1. The van der Waals surface area contributed by atoms with E-state index in [1.54, 1.807) is 43.5 Å². The summed E-state index contributed by atoms with van der Waals surface area (Å²) in [5, 5.41) is 0.0551. The number of allylic oxidation sites excluding steroid dienone is 1. The van der Waals surface area contributed by atoms with E-state index in [0.717, 1.165) is 5.69 Å². The van der Waals surface area contributed by atoms with Crippen LogP contribution in [0.15, 0.2) is 35.4 Å². The summed E-state index contributed by atoms with van der Waals surface area (Å²) in [6, 6.07) is 8.54. The summed E-state index contributed by atoms with van der Waals surface area (Å²) in [5.41, 5.74) is 8.37. The molecule has 3 rings (SSSR count). The number of ether oxygens (including phenoxy) is 3. The molecule has 0 saturated carbocycles. The van der Waals surface area contributed by atoms with Crippen LogP contribution in [0.3, 0.4) is 0 Å². The van der Waals surface area contributed by atoms with Gasteiger partial charge in [0.1, 0.15) is 19.0 Å². The summed E-state index contributed by atoms with van der Waals surface area (Å²) >= 11 is 6.32. The number of benzene rings is 2. The first kappa shape index (κ1) is 18.9. The van der Waals surface area contributed by atoms with Crippen LogP contribution in [0.1, 0.15) is 15.9 Å². The molecular weight excluding hydrogens is 368 g/mol. The van der Waals surface area contributed by atoms with E-state index in [1.807, 2.05) is 19.0 Å². The third-order valence-corrected chi connectivity index (χ3v) is 4.45. The Bertz CT molecular complexity index is 909. The molecule has 0 unspecified atom stereocenters. The molecule has 27 heavy (non-hydrogen) atoms. The maximum absolute atomic E-state index is 12.8. The molecule has 1 aliphatic rings. The van der Waals surface area contributed by atoms with Gasteiger partial charge in [-0.15, -0.1) is 0 Å². The van der Waals surface area contributed by atoms with Crippen molar-refractivity contribution in [3.8, 4) is 17.2 Å². The molecule has 0 saturated heterocycles. The second kappa shape index (κ2) is 7.80. The highest BCUT2D eigenvalue weighted by molar-refractivity contribution is 6.47. The number of nitrogen functional groups attached to an aromatic ring is 1. The fourth-order valence-corrected chi connectivity index (χ4v) is 3.01. The van der Waals surface area contributed by atoms with Crippen molar-refractivity contribution >= 4 is 34.8 Å². The van der Waals surface area contributed by atoms with Gasteiger partial charge in [0.05, 0.1) is 23.5 Å². The number of halogens is 1. The van der Waals surface area contributed by atoms with Crippen molar-refractivity contribution < 1.29 is 19.0 Å². The van der Waals surface area contributed by atoms with Crippen LogP contribution in [0.25, 0.3) is 6.08 Å². The largest absolute Gasteiger partial charge is 0.496 e. The molecule has 0 fully saturated rings. The first-order valence-corrected chi connectivity index (χ1v) is 8.75. The maximum atomic E-state index is 12.8. The predicted molar refractivity (Wildman–Crippen MR) is 107 cm³/mol. The molecule has 6 nitrogen and oxygen atoms in total. The highest BCUT2D eigenvalue weighted by atomic mass is 35.5. The Morgan fingerprint density at radius 2 is 1.85 bits per heavy atom. The monoisotopic (exact) mass is 388 g/mol. The zero-order valence-electron chi connectivity index (χ0n) is 15.4. The van der Waals surface area contributed by atoms with E-state index in [0.29, 0.717) is 47.3 Å². The van der Waals surface area contributed by atoms with Crippen molar-refractivity contribution in [2.75, 3.05) is 45.1 Å².